The maximum atomic E-state index is 2.35. The van der Waals surface area contributed by atoms with E-state index in [1.807, 2.05) is 0 Å². The van der Waals surface area contributed by atoms with Crippen molar-refractivity contribution >= 4 is 10.9 Å². The number of aromatic nitrogens is 1. The average molecular weight is 247 g/mol. The van der Waals surface area contributed by atoms with Crippen molar-refractivity contribution < 1.29 is 0 Å². The Labute approximate surface area is 113 Å². The Morgan fingerprint density at radius 2 is 1.58 bits per heavy atom. The first-order valence-electron chi connectivity index (χ1n) is 6.80. The molecule has 0 saturated heterocycles. The van der Waals surface area contributed by atoms with Crippen LogP contribution in [-0.4, -0.2) is 4.57 Å². The zero-order chi connectivity index (χ0) is 13.2. The van der Waals surface area contributed by atoms with E-state index < -0.39 is 0 Å². The van der Waals surface area contributed by atoms with Gasteiger partial charge in [0.2, 0.25) is 0 Å². The molecule has 0 bridgehead atoms. The number of nitrogens with zero attached hydrogens (tertiary/aromatic N) is 1. The van der Waals surface area contributed by atoms with Crippen molar-refractivity contribution in [2.24, 2.45) is 7.05 Å². The van der Waals surface area contributed by atoms with Crippen molar-refractivity contribution in [3.8, 4) is 11.3 Å². The number of hydrogen-bond acceptors (Lipinski definition) is 0. The van der Waals surface area contributed by atoms with Gasteiger partial charge < -0.3 is 4.57 Å². The van der Waals surface area contributed by atoms with Gasteiger partial charge in [-0.1, -0.05) is 56.3 Å². The first-order chi connectivity index (χ1) is 9.12. The van der Waals surface area contributed by atoms with E-state index >= 15 is 0 Å². The maximum absolute atomic E-state index is 2.35. The van der Waals surface area contributed by atoms with Gasteiger partial charge in [-0.05, 0) is 17.2 Å². The van der Waals surface area contributed by atoms with Crippen LogP contribution in [0.25, 0.3) is 22.2 Å². The fraction of sp³-hybridized carbons (Fsp3) is 0.222. The lowest BCUT2D eigenvalue weighted by Crippen LogP contribution is -2.14. The molecule has 3 aromatic rings. The van der Waals surface area contributed by atoms with Crippen LogP contribution in [-0.2, 0) is 12.5 Å². The Bertz CT molecular complexity index is 806. The standard InChI is InChI=1S/C18H17N/c1-18(2)14-10-6-4-8-12(14)17-16(18)13-9-5-7-11-15(13)19(17)3/h4-11H,1-3H3. The smallest absolute Gasteiger partial charge is 0.0533 e. The van der Waals surface area contributed by atoms with Gasteiger partial charge in [0.05, 0.1) is 5.69 Å². The second-order valence-electron chi connectivity index (χ2n) is 5.97. The first-order valence-corrected chi connectivity index (χ1v) is 6.80. The molecule has 1 nitrogen and oxygen atoms in total. The van der Waals surface area contributed by atoms with Crippen LogP contribution in [0.2, 0.25) is 0 Å². The van der Waals surface area contributed by atoms with E-state index in [4.69, 9.17) is 0 Å². The monoisotopic (exact) mass is 247 g/mol. The predicted molar refractivity (Wildman–Crippen MR) is 80.5 cm³/mol. The van der Waals surface area contributed by atoms with Gasteiger partial charge in [-0.15, -0.1) is 0 Å². The summed E-state index contributed by atoms with van der Waals surface area (Å²) in [5.41, 5.74) is 7.12. The summed E-state index contributed by atoms with van der Waals surface area (Å²) >= 11 is 0. The molecular weight excluding hydrogens is 230 g/mol. The van der Waals surface area contributed by atoms with Gasteiger partial charge in [0.15, 0.2) is 0 Å². The van der Waals surface area contributed by atoms with E-state index in [9.17, 15) is 0 Å². The summed E-state index contributed by atoms with van der Waals surface area (Å²) in [6, 6.07) is 17.5. The quantitative estimate of drug-likeness (QED) is 0.552. The maximum Gasteiger partial charge on any atom is 0.0533 e. The Morgan fingerprint density at radius 1 is 0.895 bits per heavy atom. The topological polar surface area (TPSA) is 4.93 Å². The van der Waals surface area contributed by atoms with Crippen molar-refractivity contribution in [2.45, 2.75) is 19.3 Å². The largest absolute Gasteiger partial charge is 0.343 e. The Morgan fingerprint density at radius 3 is 2.42 bits per heavy atom. The molecule has 0 aliphatic heterocycles. The molecule has 1 aromatic heterocycles. The molecule has 0 N–H and O–H groups in total. The summed E-state index contributed by atoms with van der Waals surface area (Å²) in [6.07, 6.45) is 0. The lowest BCUT2D eigenvalue weighted by atomic mass is 9.81. The molecule has 1 heteroatoms. The molecule has 94 valence electrons. The Balaban J connectivity index is 2.25. The van der Waals surface area contributed by atoms with Gasteiger partial charge in [-0.25, -0.2) is 0 Å². The fourth-order valence-corrected chi connectivity index (χ4v) is 3.71. The SMILES string of the molecule is Cn1c2c(c3ccccc31)C(C)(C)c1ccccc1-2. The van der Waals surface area contributed by atoms with Crippen LogP contribution in [0.15, 0.2) is 48.5 Å². The van der Waals surface area contributed by atoms with Gasteiger partial charge in [-0.3, -0.25) is 0 Å². The van der Waals surface area contributed by atoms with Gasteiger partial charge in [-0.2, -0.15) is 0 Å². The molecule has 0 spiro atoms. The molecular formula is C18H17N. The highest BCUT2D eigenvalue weighted by Gasteiger charge is 2.39. The van der Waals surface area contributed by atoms with Gasteiger partial charge >= 0.3 is 0 Å². The molecule has 2 aromatic carbocycles. The molecule has 19 heavy (non-hydrogen) atoms. The van der Waals surface area contributed by atoms with Gasteiger partial charge in [0, 0.05) is 28.9 Å². The van der Waals surface area contributed by atoms with Crippen LogP contribution >= 0.6 is 0 Å². The predicted octanol–water partition coefficient (Wildman–Crippen LogP) is 4.48. The number of aryl methyl sites for hydroxylation is 1. The van der Waals surface area contributed by atoms with E-state index in [1.165, 1.54) is 33.3 Å². The molecule has 0 radical (unpaired) electrons. The number of benzene rings is 2. The van der Waals surface area contributed by atoms with Crippen LogP contribution in [0, 0.1) is 0 Å². The lowest BCUT2D eigenvalue weighted by Gasteiger charge is -2.21. The highest BCUT2D eigenvalue weighted by Crippen LogP contribution is 2.52. The van der Waals surface area contributed by atoms with E-state index in [0.717, 1.165) is 0 Å². The summed E-state index contributed by atoms with van der Waals surface area (Å²) in [5.74, 6) is 0. The molecule has 4 rings (SSSR count). The zero-order valence-electron chi connectivity index (χ0n) is 11.6. The van der Waals surface area contributed by atoms with Crippen molar-refractivity contribution in [1.82, 2.24) is 4.57 Å². The Hall–Kier alpha value is -2.02. The molecule has 0 atom stereocenters. The molecule has 1 heterocycles. The van der Waals surface area contributed by atoms with E-state index in [-0.39, 0.29) is 5.41 Å². The molecule has 0 saturated carbocycles. The summed E-state index contributed by atoms with van der Waals surface area (Å²) < 4.78 is 2.35. The van der Waals surface area contributed by atoms with Gasteiger partial charge in [0.1, 0.15) is 0 Å². The minimum atomic E-state index is 0.0901. The molecule has 1 aliphatic carbocycles. The van der Waals surface area contributed by atoms with Crippen LogP contribution in [0.1, 0.15) is 25.0 Å². The van der Waals surface area contributed by atoms with Crippen molar-refractivity contribution in [2.75, 3.05) is 0 Å². The van der Waals surface area contributed by atoms with Crippen molar-refractivity contribution in [3.63, 3.8) is 0 Å². The van der Waals surface area contributed by atoms with Gasteiger partial charge in [0.25, 0.3) is 0 Å². The Kier molecular flexibility index (Phi) is 1.88. The highest BCUT2D eigenvalue weighted by molar-refractivity contribution is 5.97. The fourth-order valence-electron chi connectivity index (χ4n) is 3.71. The summed E-state index contributed by atoms with van der Waals surface area (Å²) in [6.45, 7) is 4.67. The summed E-state index contributed by atoms with van der Waals surface area (Å²) in [4.78, 5) is 0. The van der Waals surface area contributed by atoms with E-state index in [1.54, 1.807) is 0 Å². The van der Waals surface area contributed by atoms with Crippen LogP contribution in [0.5, 0.6) is 0 Å². The second-order valence-corrected chi connectivity index (χ2v) is 5.97. The normalized spacial score (nSPS) is 15.5. The third kappa shape index (κ3) is 1.16. The minimum absolute atomic E-state index is 0.0901. The van der Waals surface area contributed by atoms with Crippen molar-refractivity contribution in [1.29, 1.82) is 0 Å². The first kappa shape index (κ1) is 10.9. The number of para-hydroxylation sites is 1. The van der Waals surface area contributed by atoms with Crippen LogP contribution < -0.4 is 0 Å². The molecule has 0 unspecified atom stereocenters. The summed E-state index contributed by atoms with van der Waals surface area (Å²) in [7, 11) is 2.18. The van der Waals surface area contributed by atoms with Crippen molar-refractivity contribution in [3.05, 3.63) is 59.7 Å². The minimum Gasteiger partial charge on any atom is -0.343 e. The molecule has 0 fully saturated rings. The number of rotatable bonds is 0. The molecule has 1 aliphatic rings. The second kappa shape index (κ2) is 3.30. The number of hydrogen-bond donors (Lipinski definition) is 0. The van der Waals surface area contributed by atoms with E-state index in [0.29, 0.717) is 0 Å². The number of fused-ring (bicyclic) bond motifs is 5. The molecule has 0 amide bonds. The highest BCUT2D eigenvalue weighted by atomic mass is 15.0. The lowest BCUT2D eigenvalue weighted by molar-refractivity contribution is 0.666. The van der Waals surface area contributed by atoms with E-state index in [2.05, 4.69) is 74.0 Å². The average Bonchev–Trinajstić information content (AvgIpc) is 2.85. The van der Waals surface area contributed by atoms with Crippen LogP contribution in [0.3, 0.4) is 0 Å². The zero-order valence-corrected chi connectivity index (χ0v) is 11.6. The third-order valence-corrected chi connectivity index (χ3v) is 4.59. The van der Waals surface area contributed by atoms with Crippen LogP contribution in [0.4, 0.5) is 0 Å². The third-order valence-electron chi connectivity index (χ3n) is 4.59. The summed E-state index contributed by atoms with van der Waals surface area (Å²) in [5, 5.41) is 1.39.